The van der Waals surface area contributed by atoms with E-state index in [0.29, 0.717) is 54.4 Å². The third-order valence-corrected chi connectivity index (χ3v) is 5.17. The molecule has 1 aromatic rings. The van der Waals surface area contributed by atoms with Crippen molar-refractivity contribution >= 4 is 33.7 Å². The van der Waals surface area contributed by atoms with Gasteiger partial charge in [-0.1, -0.05) is 20.8 Å². The molecule has 7 nitrogen and oxygen atoms in total. The number of hydrogen-bond donors (Lipinski definition) is 1. The second-order valence-corrected chi connectivity index (χ2v) is 8.26. The summed E-state index contributed by atoms with van der Waals surface area (Å²) < 4.78 is 11.5. The number of carbonyl (C=O) groups is 3. The average Bonchev–Trinajstić information content (AvgIpc) is 2.68. The molecule has 8 heteroatoms. The van der Waals surface area contributed by atoms with E-state index in [9.17, 15) is 14.4 Å². The molecule has 0 bridgehead atoms. The van der Waals surface area contributed by atoms with Crippen molar-refractivity contribution < 1.29 is 23.9 Å². The summed E-state index contributed by atoms with van der Waals surface area (Å²) in [4.78, 5) is 38.8. The molecule has 1 atom stereocenters. The van der Waals surface area contributed by atoms with Gasteiger partial charge in [0, 0.05) is 18.7 Å². The predicted octanol–water partition coefficient (Wildman–Crippen LogP) is 3.16. The van der Waals surface area contributed by atoms with E-state index in [4.69, 9.17) is 9.47 Å². The van der Waals surface area contributed by atoms with Crippen LogP contribution in [0.2, 0.25) is 0 Å². The van der Waals surface area contributed by atoms with Gasteiger partial charge < -0.3 is 19.7 Å². The summed E-state index contributed by atoms with van der Waals surface area (Å²) in [6.45, 7) is 7.73. The first kappa shape index (κ1) is 23.2. The molecular formula is C21H29BrN2O5. The molecule has 2 amide bonds. The highest BCUT2D eigenvalue weighted by Crippen LogP contribution is 2.27. The van der Waals surface area contributed by atoms with E-state index < -0.39 is 12.0 Å². The van der Waals surface area contributed by atoms with Gasteiger partial charge in [-0.2, -0.15) is 0 Å². The summed E-state index contributed by atoms with van der Waals surface area (Å²) in [6, 6.07) is 4.23. The van der Waals surface area contributed by atoms with E-state index in [0.717, 1.165) is 6.42 Å². The molecule has 0 aromatic heterocycles. The molecule has 1 aliphatic heterocycles. The molecule has 1 N–H and O–H groups in total. The van der Waals surface area contributed by atoms with Crippen molar-refractivity contribution in [1.29, 1.82) is 0 Å². The number of esters is 1. The lowest BCUT2D eigenvalue weighted by Gasteiger charge is -2.34. The second-order valence-electron chi connectivity index (χ2n) is 7.41. The zero-order valence-corrected chi connectivity index (χ0v) is 18.8. The quantitative estimate of drug-likeness (QED) is 0.562. The molecule has 0 aliphatic carbocycles. The maximum Gasteiger partial charge on any atom is 0.308 e. The Bertz CT molecular complexity index is 738. The third-order valence-electron chi connectivity index (χ3n) is 4.55. The third kappa shape index (κ3) is 6.73. The number of ether oxygens (including phenoxy) is 2. The Labute approximate surface area is 180 Å². The first-order chi connectivity index (χ1) is 13.8. The van der Waals surface area contributed by atoms with Gasteiger partial charge in [-0.25, -0.2) is 0 Å². The Morgan fingerprint density at radius 1 is 1.31 bits per heavy atom. The summed E-state index contributed by atoms with van der Waals surface area (Å²) in [5, 5.41) is 2.71. The summed E-state index contributed by atoms with van der Waals surface area (Å²) in [7, 11) is 0. The lowest BCUT2D eigenvalue weighted by Crippen LogP contribution is -2.57. The van der Waals surface area contributed by atoms with Crippen molar-refractivity contribution in [1.82, 2.24) is 10.2 Å². The number of nitrogens with zero attached hydrogens (tertiary/aromatic N) is 1. The Morgan fingerprint density at radius 2 is 2.07 bits per heavy atom. The van der Waals surface area contributed by atoms with E-state index in [1.807, 2.05) is 6.92 Å². The number of halogens is 1. The highest BCUT2D eigenvalue weighted by Gasteiger charge is 2.35. The molecule has 1 aliphatic rings. The smallest absolute Gasteiger partial charge is 0.308 e. The zero-order chi connectivity index (χ0) is 21.4. The van der Waals surface area contributed by atoms with Crippen molar-refractivity contribution in [3.8, 4) is 5.75 Å². The highest BCUT2D eigenvalue weighted by atomic mass is 79.9. The van der Waals surface area contributed by atoms with Crippen LogP contribution in [0.3, 0.4) is 0 Å². The topological polar surface area (TPSA) is 84.9 Å². The Hall–Kier alpha value is -2.09. The van der Waals surface area contributed by atoms with Crippen molar-refractivity contribution in [2.24, 2.45) is 5.92 Å². The van der Waals surface area contributed by atoms with Gasteiger partial charge in [0.15, 0.2) is 0 Å². The van der Waals surface area contributed by atoms with E-state index in [2.05, 4.69) is 35.1 Å². The fraction of sp³-hybridized carbons (Fsp3) is 0.571. The van der Waals surface area contributed by atoms with Gasteiger partial charge in [0.2, 0.25) is 5.91 Å². The van der Waals surface area contributed by atoms with Gasteiger partial charge >= 0.3 is 5.97 Å². The van der Waals surface area contributed by atoms with Gasteiger partial charge in [-0.3, -0.25) is 14.4 Å². The minimum absolute atomic E-state index is 0.158. The van der Waals surface area contributed by atoms with Gasteiger partial charge in [0.1, 0.15) is 11.8 Å². The number of hydrogen-bond acceptors (Lipinski definition) is 5. The van der Waals surface area contributed by atoms with Crippen molar-refractivity contribution in [3.63, 3.8) is 0 Å². The second kappa shape index (κ2) is 11.2. The average molecular weight is 469 g/mol. The number of amides is 2. The first-order valence-corrected chi connectivity index (χ1v) is 10.8. The van der Waals surface area contributed by atoms with Gasteiger partial charge in [-0.15, -0.1) is 0 Å². The van der Waals surface area contributed by atoms with Crippen LogP contribution in [0.15, 0.2) is 22.7 Å². The lowest BCUT2D eigenvalue weighted by molar-refractivity contribution is -0.147. The Morgan fingerprint density at radius 3 is 2.72 bits per heavy atom. The fourth-order valence-corrected chi connectivity index (χ4v) is 3.41. The minimum Gasteiger partial charge on any atom is -0.492 e. The van der Waals surface area contributed by atoms with Gasteiger partial charge in [0.05, 0.1) is 24.1 Å². The van der Waals surface area contributed by atoms with Crippen LogP contribution in [0.1, 0.15) is 50.4 Å². The van der Waals surface area contributed by atoms with Crippen LogP contribution in [0, 0.1) is 5.92 Å². The molecule has 29 heavy (non-hydrogen) atoms. The Balaban J connectivity index is 2.10. The van der Waals surface area contributed by atoms with E-state index in [-0.39, 0.29) is 18.2 Å². The van der Waals surface area contributed by atoms with Crippen LogP contribution in [0.5, 0.6) is 5.75 Å². The minimum atomic E-state index is -0.874. The number of piperazine rings is 1. The molecule has 1 unspecified atom stereocenters. The number of benzene rings is 1. The molecule has 160 valence electrons. The lowest BCUT2D eigenvalue weighted by atomic mass is 10.1. The molecule has 1 aromatic carbocycles. The van der Waals surface area contributed by atoms with Crippen LogP contribution in [-0.4, -0.2) is 55.0 Å². The van der Waals surface area contributed by atoms with Crippen LogP contribution >= 0.6 is 15.9 Å². The normalized spacial score (nSPS) is 16.5. The Kier molecular flexibility index (Phi) is 8.95. The van der Waals surface area contributed by atoms with Crippen LogP contribution in [-0.2, 0) is 14.3 Å². The molecular weight excluding hydrogens is 440 g/mol. The summed E-state index contributed by atoms with van der Waals surface area (Å²) in [6.07, 6.45) is 1.48. The zero-order valence-electron chi connectivity index (χ0n) is 17.2. The molecule has 2 rings (SSSR count). The van der Waals surface area contributed by atoms with Crippen LogP contribution in [0.4, 0.5) is 0 Å². The standard InChI is InChI=1S/C21H29BrN2O5/c1-4-10-29-19(25)13-17-20(26)23-8-9-24(17)21(27)15-5-6-18(16(22)12-15)28-11-7-14(2)3/h5-6,12,14,17H,4,7-11,13H2,1-3H3,(H,23,26). The molecule has 0 radical (unpaired) electrons. The molecule has 1 saturated heterocycles. The SMILES string of the molecule is CCCOC(=O)CC1C(=O)NCCN1C(=O)c1ccc(OCCC(C)C)c(Br)c1. The summed E-state index contributed by atoms with van der Waals surface area (Å²) >= 11 is 3.45. The number of carbonyl (C=O) groups excluding carboxylic acids is 3. The molecule has 0 saturated carbocycles. The summed E-state index contributed by atoms with van der Waals surface area (Å²) in [5.41, 5.74) is 0.426. The van der Waals surface area contributed by atoms with Gasteiger partial charge in [-0.05, 0) is 52.9 Å². The molecule has 1 fully saturated rings. The predicted molar refractivity (Wildman–Crippen MR) is 113 cm³/mol. The fourth-order valence-electron chi connectivity index (χ4n) is 2.91. The van der Waals surface area contributed by atoms with E-state index >= 15 is 0 Å². The maximum absolute atomic E-state index is 13.1. The largest absolute Gasteiger partial charge is 0.492 e. The number of rotatable bonds is 9. The van der Waals surface area contributed by atoms with E-state index in [1.165, 1.54) is 4.90 Å². The van der Waals surface area contributed by atoms with Crippen LogP contribution < -0.4 is 10.1 Å². The van der Waals surface area contributed by atoms with Crippen molar-refractivity contribution in [2.75, 3.05) is 26.3 Å². The molecule has 1 heterocycles. The maximum atomic E-state index is 13.1. The molecule has 0 spiro atoms. The van der Waals surface area contributed by atoms with E-state index in [1.54, 1.807) is 18.2 Å². The van der Waals surface area contributed by atoms with Gasteiger partial charge in [0.25, 0.3) is 5.91 Å². The first-order valence-electron chi connectivity index (χ1n) is 10.00. The van der Waals surface area contributed by atoms with Crippen LogP contribution in [0.25, 0.3) is 0 Å². The van der Waals surface area contributed by atoms with Crippen molar-refractivity contribution in [3.05, 3.63) is 28.2 Å². The monoisotopic (exact) mass is 468 g/mol. The number of nitrogens with one attached hydrogen (secondary N) is 1. The van der Waals surface area contributed by atoms with Crippen molar-refractivity contribution in [2.45, 2.75) is 46.1 Å². The highest BCUT2D eigenvalue weighted by molar-refractivity contribution is 9.10. The summed E-state index contributed by atoms with van der Waals surface area (Å²) in [5.74, 6) is 0.0780.